The number of hydrogen-bond acceptors (Lipinski definition) is 7. The minimum absolute atomic E-state index is 0.0222. The first-order chi connectivity index (χ1) is 12.9. The van der Waals surface area contributed by atoms with Crippen molar-refractivity contribution in [1.82, 2.24) is 4.57 Å². The Morgan fingerprint density at radius 1 is 1.37 bits per heavy atom. The summed E-state index contributed by atoms with van der Waals surface area (Å²) in [4.78, 5) is 25.6. The van der Waals surface area contributed by atoms with Crippen molar-refractivity contribution in [1.29, 1.82) is 5.26 Å². The van der Waals surface area contributed by atoms with Gasteiger partial charge in [-0.1, -0.05) is 0 Å². The Hall–Kier alpha value is -2.99. The SMILES string of the molecule is CCn1c(O)c(C#N)c(C)c(N=Nc2sc3c(c2C(N)=O)CCCC3)c1=O. The van der Waals surface area contributed by atoms with Gasteiger partial charge >= 0.3 is 0 Å². The van der Waals surface area contributed by atoms with Gasteiger partial charge in [0.05, 0.1) is 5.56 Å². The molecule has 0 fully saturated rings. The fourth-order valence-corrected chi connectivity index (χ4v) is 4.54. The van der Waals surface area contributed by atoms with E-state index in [-0.39, 0.29) is 29.2 Å². The molecule has 0 saturated carbocycles. The van der Waals surface area contributed by atoms with Gasteiger partial charge in [0.2, 0.25) is 5.88 Å². The topological polar surface area (TPSA) is 134 Å². The number of aromatic nitrogens is 1. The fraction of sp³-hybridized carbons (Fsp3) is 0.389. The van der Waals surface area contributed by atoms with Gasteiger partial charge in [0.15, 0.2) is 10.7 Å². The third-order valence-electron chi connectivity index (χ3n) is 4.73. The lowest BCUT2D eigenvalue weighted by atomic mass is 9.95. The normalized spacial score (nSPS) is 13.5. The van der Waals surface area contributed by atoms with Crippen molar-refractivity contribution < 1.29 is 9.90 Å². The Morgan fingerprint density at radius 3 is 2.70 bits per heavy atom. The van der Waals surface area contributed by atoms with Crippen LogP contribution in [0.4, 0.5) is 10.7 Å². The van der Waals surface area contributed by atoms with Crippen molar-refractivity contribution in [3.8, 4) is 11.9 Å². The maximum atomic E-state index is 12.6. The third kappa shape index (κ3) is 3.13. The van der Waals surface area contributed by atoms with E-state index in [2.05, 4.69) is 10.2 Å². The van der Waals surface area contributed by atoms with Crippen LogP contribution in [0.1, 0.15) is 51.7 Å². The second-order valence-corrected chi connectivity index (χ2v) is 7.37. The lowest BCUT2D eigenvalue weighted by Crippen LogP contribution is -2.20. The molecule has 3 N–H and O–H groups in total. The van der Waals surface area contributed by atoms with Crippen LogP contribution in [0.2, 0.25) is 0 Å². The van der Waals surface area contributed by atoms with E-state index in [1.165, 1.54) is 18.3 Å². The number of rotatable bonds is 4. The summed E-state index contributed by atoms with van der Waals surface area (Å²) in [6.45, 7) is 3.39. The summed E-state index contributed by atoms with van der Waals surface area (Å²) in [6, 6.07) is 1.89. The van der Waals surface area contributed by atoms with E-state index in [0.717, 1.165) is 40.7 Å². The minimum Gasteiger partial charge on any atom is -0.493 e. The molecule has 0 aliphatic heterocycles. The van der Waals surface area contributed by atoms with Crippen molar-refractivity contribution in [2.45, 2.75) is 46.1 Å². The molecule has 3 rings (SSSR count). The highest BCUT2D eigenvalue weighted by Crippen LogP contribution is 2.40. The van der Waals surface area contributed by atoms with Gasteiger partial charge in [0.1, 0.15) is 11.6 Å². The Balaban J connectivity index is 2.16. The number of primary amides is 1. The molecule has 0 bridgehead atoms. The lowest BCUT2D eigenvalue weighted by Gasteiger charge is -2.11. The zero-order valence-electron chi connectivity index (χ0n) is 15.1. The predicted octanol–water partition coefficient (Wildman–Crippen LogP) is 3.21. The van der Waals surface area contributed by atoms with Crippen molar-refractivity contribution in [2.24, 2.45) is 16.0 Å². The summed E-state index contributed by atoms with van der Waals surface area (Å²) in [5, 5.41) is 28.0. The van der Waals surface area contributed by atoms with Gasteiger partial charge in [-0.05, 0) is 45.1 Å². The minimum atomic E-state index is -0.561. The summed E-state index contributed by atoms with van der Waals surface area (Å²) in [7, 11) is 0. The summed E-state index contributed by atoms with van der Waals surface area (Å²) in [5.41, 5.74) is 6.49. The first-order valence-electron chi connectivity index (χ1n) is 8.63. The molecule has 0 saturated heterocycles. The van der Waals surface area contributed by atoms with Gasteiger partial charge < -0.3 is 10.8 Å². The number of hydrogen-bond donors (Lipinski definition) is 2. The molecular formula is C18H19N5O3S. The van der Waals surface area contributed by atoms with Crippen LogP contribution in [0.15, 0.2) is 15.0 Å². The first-order valence-corrected chi connectivity index (χ1v) is 9.44. The largest absolute Gasteiger partial charge is 0.493 e. The maximum absolute atomic E-state index is 12.6. The molecule has 0 radical (unpaired) electrons. The molecule has 8 nitrogen and oxygen atoms in total. The molecule has 1 aliphatic carbocycles. The average molecular weight is 385 g/mol. The zero-order valence-corrected chi connectivity index (χ0v) is 15.9. The molecule has 9 heteroatoms. The van der Waals surface area contributed by atoms with Crippen LogP contribution in [-0.4, -0.2) is 15.6 Å². The van der Waals surface area contributed by atoms with Crippen molar-refractivity contribution in [3.05, 3.63) is 37.5 Å². The number of nitrogens with zero attached hydrogens (tertiary/aromatic N) is 4. The molecular weight excluding hydrogens is 366 g/mol. The van der Waals surface area contributed by atoms with Crippen molar-refractivity contribution in [3.63, 3.8) is 0 Å². The number of pyridine rings is 1. The zero-order chi connectivity index (χ0) is 19.7. The number of aromatic hydroxyl groups is 1. The third-order valence-corrected chi connectivity index (χ3v) is 5.90. The quantitative estimate of drug-likeness (QED) is 0.781. The number of carbonyl (C=O) groups is 1. The van der Waals surface area contributed by atoms with E-state index in [0.29, 0.717) is 10.6 Å². The van der Waals surface area contributed by atoms with Crippen molar-refractivity contribution in [2.75, 3.05) is 0 Å². The Kier molecular flexibility index (Phi) is 5.10. The number of thiophene rings is 1. The molecule has 0 spiro atoms. The van der Waals surface area contributed by atoms with E-state index in [1.54, 1.807) is 6.92 Å². The molecule has 140 valence electrons. The van der Waals surface area contributed by atoms with Gasteiger partial charge in [-0.2, -0.15) is 5.26 Å². The highest BCUT2D eigenvalue weighted by Gasteiger charge is 2.24. The molecule has 2 heterocycles. The van der Waals surface area contributed by atoms with Crippen LogP contribution in [0.3, 0.4) is 0 Å². The Labute approximate surface area is 159 Å². The van der Waals surface area contributed by atoms with E-state index in [4.69, 9.17) is 5.73 Å². The maximum Gasteiger partial charge on any atom is 0.281 e. The van der Waals surface area contributed by atoms with Crippen LogP contribution in [0, 0.1) is 18.3 Å². The van der Waals surface area contributed by atoms with Crippen molar-refractivity contribution >= 4 is 27.9 Å². The molecule has 0 atom stereocenters. The monoisotopic (exact) mass is 385 g/mol. The van der Waals surface area contributed by atoms with Crippen LogP contribution in [-0.2, 0) is 19.4 Å². The van der Waals surface area contributed by atoms with Crippen LogP contribution >= 0.6 is 11.3 Å². The Morgan fingerprint density at radius 2 is 2.07 bits per heavy atom. The molecule has 1 aliphatic rings. The van der Waals surface area contributed by atoms with Gasteiger partial charge in [-0.3, -0.25) is 14.2 Å². The molecule has 2 aromatic rings. The van der Waals surface area contributed by atoms with E-state index in [1.807, 2.05) is 6.07 Å². The molecule has 2 aromatic heterocycles. The lowest BCUT2D eigenvalue weighted by molar-refractivity contribution is 0.1000. The summed E-state index contributed by atoms with van der Waals surface area (Å²) >= 11 is 1.36. The number of amides is 1. The number of nitriles is 1. The van der Waals surface area contributed by atoms with E-state index >= 15 is 0 Å². The number of azo groups is 1. The second-order valence-electron chi connectivity index (χ2n) is 6.29. The standard InChI is InChI=1S/C18H19N5O3S/c1-3-23-17(25)11(8-19)9(2)14(18(23)26)21-22-16-13(15(20)24)10-6-4-5-7-12(10)27-16/h25H,3-7H2,1-2H3,(H2,20,24). The summed E-state index contributed by atoms with van der Waals surface area (Å²) in [5.74, 6) is -0.944. The molecule has 27 heavy (non-hydrogen) atoms. The molecule has 0 unspecified atom stereocenters. The second kappa shape index (κ2) is 7.32. The van der Waals surface area contributed by atoms with Gasteiger partial charge in [-0.15, -0.1) is 21.6 Å². The number of carbonyl (C=O) groups excluding carboxylic acids is 1. The van der Waals surface area contributed by atoms with Crippen LogP contribution < -0.4 is 11.3 Å². The highest BCUT2D eigenvalue weighted by atomic mass is 32.1. The van der Waals surface area contributed by atoms with E-state index in [9.17, 15) is 20.0 Å². The van der Waals surface area contributed by atoms with Gasteiger partial charge in [-0.25, -0.2) is 0 Å². The van der Waals surface area contributed by atoms with Crippen LogP contribution in [0.25, 0.3) is 0 Å². The smallest absolute Gasteiger partial charge is 0.281 e. The molecule has 0 aromatic carbocycles. The number of aryl methyl sites for hydroxylation is 1. The number of nitrogens with two attached hydrogens (primary N) is 1. The van der Waals surface area contributed by atoms with Gasteiger partial charge in [0.25, 0.3) is 11.5 Å². The number of fused-ring (bicyclic) bond motifs is 1. The van der Waals surface area contributed by atoms with Gasteiger partial charge in [0, 0.05) is 17.0 Å². The first kappa shape index (κ1) is 18.8. The Bertz CT molecular complexity index is 1060. The summed E-state index contributed by atoms with van der Waals surface area (Å²) in [6.07, 6.45) is 3.69. The molecule has 1 amide bonds. The van der Waals surface area contributed by atoms with E-state index < -0.39 is 11.5 Å². The highest BCUT2D eigenvalue weighted by molar-refractivity contribution is 7.16. The van der Waals surface area contributed by atoms with Crippen LogP contribution in [0.5, 0.6) is 5.88 Å². The predicted molar refractivity (Wildman–Crippen MR) is 101 cm³/mol. The fourth-order valence-electron chi connectivity index (χ4n) is 3.32. The average Bonchev–Trinajstić information content (AvgIpc) is 3.00. The summed E-state index contributed by atoms with van der Waals surface area (Å²) < 4.78 is 1.06.